The molecule has 0 bridgehead atoms. The number of hydrogen-bond donors (Lipinski definition) is 1. The van der Waals surface area contributed by atoms with Gasteiger partial charge in [-0.1, -0.05) is 48.8 Å². The minimum atomic E-state index is 0.446. The van der Waals surface area contributed by atoms with Gasteiger partial charge in [-0.3, -0.25) is 0 Å². The van der Waals surface area contributed by atoms with E-state index in [9.17, 15) is 0 Å². The lowest BCUT2D eigenvalue weighted by molar-refractivity contribution is 1.46. The fourth-order valence-electron chi connectivity index (χ4n) is 0.788. The Morgan fingerprint density at radius 2 is 2.00 bits per heavy atom. The summed E-state index contributed by atoms with van der Waals surface area (Å²) in [6.45, 7) is 3.66. The zero-order chi connectivity index (χ0) is 8.97. The van der Waals surface area contributed by atoms with E-state index >= 15 is 0 Å². The molecule has 0 spiro atoms. The van der Waals surface area contributed by atoms with Crippen molar-refractivity contribution < 1.29 is 0 Å². The lowest BCUT2D eigenvalue weighted by Gasteiger charge is -1.98. The van der Waals surface area contributed by atoms with Crippen LogP contribution in [-0.4, -0.2) is 4.32 Å². The van der Waals surface area contributed by atoms with Crippen molar-refractivity contribution in [1.29, 1.82) is 0 Å². The van der Waals surface area contributed by atoms with E-state index in [4.69, 9.17) is 18.0 Å². The van der Waals surface area contributed by atoms with Gasteiger partial charge in [-0.25, -0.2) is 0 Å². The summed E-state index contributed by atoms with van der Waals surface area (Å²) < 4.78 is 0.446. The molecule has 0 atom stereocenters. The van der Waals surface area contributed by atoms with E-state index in [1.165, 1.54) is 11.8 Å². The third-order valence-electron chi connectivity index (χ3n) is 1.33. The second-order valence-electron chi connectivity index (χ2n) is 2.19. The van der Waals surface area contributed by atoms with E-state index in [-0.39, 0.29) is 0 Å². The van der Waals surface area contributed by atoms with Gasteiger partial charge < -0.3 is 5.73 Å². The van der Waals surface area contributed by atoms with Gasteiger partial charge in [-0.15, -0.1) is 0 Å². The average Bonchev–Trinajstić information content (AvgIpc) is 2.05. The summed E-state index contributed by atoms with van der Waals surface area (Å²) in [5.41, 5.74) is 6.47. The maximum atomic E-state index is 5.37. The summed E-state index contributed by atoms with van der Waals surface area (Å²) in [6.07, 6.45) is 1.80. The van der Waals surface area contributed by atoms with Crippen molar-refractivity contribution in [1.82, 2.24) is 0 Å². The Balaban J connectivity index is 2.77. The first-order valence-electron chi connectivity index (χ1n) is 3.42. The van der Waals surface area contributed by atoms with Crippen LogP contribution < -0.4 is 5.73 Å². The largest absolute Gasteiger partial charge is 0.384 e. The van der Waals surface area contributed by atoms with Crippen LogP contribution in [0.4, 0.5) is 0 Å². The smallest absolute Gasteiger partial charge is 0.135 e. The van der Waals surface area contributed by atoms with Gasteiger partial charge in [0.25, 0.3) is 0 Å². The molecule has 0 fully saturated rings. The van der Waals surface area contributed by atoms with E-state index in [0.29, 0.717) is 4.32 Å². The van der Waals surface area contributed by atoms with Gasteiger partial charge in [0.05, 0.1) is 0 Å². The second kappa shape index (κ2) is 4.28. The molecule has 1 nitrogen and oxygen atoms in total. The summed E-state index contributed by atoms with van der Waals surface area (Å²) >= 11 is 6.15. The highest BCUT2D eigenvalue weighted by Gasteiger charge is 1.94. The fourth-order valence-corrected chi connectivity index (χ4v) is 1.58. The average molecular weight is 195 g/mol. The van der Waals surface area contributed by atoms with Gasteiger partial charge in [-0.05, 0) is 17.7 Å². The van der Waals surface area contributed by atoms with Crippen LogP contribution in [0.15, 0.2) is 35.7 Å². The van der Waals surface area contributed by atoms with E-state index < -0.39 is 0 Å². The normalized spacial score (nSPS) is 9.33. The molecule has 3 heteroatoms. The Hall–Kier alpha value is -0.800. The van der Waals surface area contributed by atoms with Crippen LogP contribution in [0.5, 0.6) is 0 Å². The SMILES string of the molecule is C=Cc1ccc(SC(N)=S)cc1. The molecule has 0 aliphatic heterocycles. The molecule has 0 aromatic heterocycles. The lowest BCUT2D eigenvalue weighted by Crippen LogP contribution is -2.00. The summed E-state index contributed by atoms with van der Waals surface area (Å²) in [7, 11) is 0. The van der Waals surface area contributed by atoms with Crippen LogP contribution in [-0.2, 0) is 0 Å². The van der Waals surface area contributed by atoms with Crippen molar-refractivity contribution in [2.45, 2.75) is 4.90 Å². The third kappa shape index (κ3) is 2.68. The first-order chi connectivity index (χ1) is 5.72. The predicted octanol–water partition coefficient (Wildman–Crippen LogP) is 2.67. The van der Waals surface area contributed by atoms with Gasteiger partial charge >= 0.3 is 0 Å². The highest BCUT2D eigenvalue weighted by molar-refractivity contribution is 8.22. The Morgan fingerprint density at radius 1 is 1.42 bits per heavy atom. The quantitative estimate of drug-likeness (QED) is 0.580. The minimum Gasteiger partial charge on any atom is -0.384 e. The topological polar surface area (TPSA) is 26.0 Å². The van der Waals surface area contributed by atoms with E-state index in [0.717, 1.165) is 10.5 Å². The third-order valence-corrected chi connectivity index (χ3v) is 2.29. The van der Waals surface area contributed by atoms with Gasteiger partial charge in [0.15, 0.2) is 0 Å². The molecule has 62 valence electrons. The molecule has 1 rings (SSSR count). The summed E-state index contributed by atoms with van der Waals surface area (Å²) in [5.74, 6) is 0. The number of thiocarbonyl (C=S) groups is 1. The molecule has 0 aliphatic rings. The van der Waals surface area contributed by atoms with Gasteiger partial charge in [-0.2, -0.15) is 0 Å². The van der Waals surface area contributed by atoms with Crippen LogP contribution in [0.2, 0.25) is 0 Å². The molecule has 0 heterocycles. The van der Waals surface area contributed by atoms with Crippen molar-refractivity contribution >= 4 is 34.4 Å². The highest BCUT2D eigenvalue weighted by atomic mass is 32.2. The molecule has 0 saturated heterocycles. The van der Waals surface area contributed by atoms with Crippen molar-refractivity contribution in [2.75, 3.05) is 0 Å². The number of thioether (sulfide) groups is 1. The fraction of sp³-hybridized carbons (Fsp3) is 0. The molecule has 1 aromatic carbocycles. The Kier molecular flexibility index (Phi) is 3.31. The van der Waals surface area contributed by atoms with Crippen LogP contribution in [0.1, 0.15) is 5.56 Å². The number of rotatable bonds is 2. The highest BCUT2D eigenvalue weighted by Crippen LogP contribution is 2.18. The second-order valence-corrected chi connectivity index (χ2v) is 4.01. The Bertz CT molecular complexity index is 290. The maximum Gasteiger partial charge on any atom is 0.135 e. The van der Waals surface area contributed by atoms with Crippen LogP contribution in [0, 0.1) is 0 Å². The summed E-state index contributed by atoms with van der Waals surface area (Å²) in [5, 5.41) is 0. The molecule has 0 saturated carbocycles. The van der Waals surface area contributed by atoms with Gasteiger partial charge in [0.2, 0.25) is 0 Å². The molecule has 0 radical (unpaired) electrons. The first-order valence-corrected chi connectivity index (χ1v) is 4.64. The number of benzene rings is 1. The first kappa shape index (κ1) is 9.29. The molecule has 0 aliphatic carbocycles. The van der Waals surface area contributed by atoms with Crippen molar-refractivity contribution in [3.63, 3.8) is 0 Å². The maximum absolute atomic E-state index is 5.37. The molecule has 1 aromatic rings. The molecule has 0 amide bonds. The van der Waals surface area contributed by atoms with Crippen LogP contribution in [0.25, 0.3) is 6.08 Å². The molecule has 0 unspecified atom stereocenters. The van der Waals surface area contributed by atoms with E-state index in [1.54, 1.807) is 6.08 Å². The molecular weight excluding hydrogens is 186 g/mol. The van der Waals surface area contributed by atoms with Gasteiger partial charge in [0, 0.05) is 4.90 Å². The zero-order valence-electron chi connectivity index (χ0n) is 6.49. The van der Waals surface area contributed by atoms with Crippen LogP contribution in [0.3, 0.4) is 0 Å². The monoisotopic (exact) mass is 195 g/mol. The predicted molar refractivity (Wildman–Crippen MR) is 59.2 cm³/mol. The number of hydrogen-bond acceptors (Lipinski definition) is 2. The van der Waals surface area contributed by atoms with Crippen molar-refractivity contribution in [3.05, 3.63) is 36.4 Å². The van der Waals surface area contributed by atoms with E-state index in [1.807, 2.05) is 24.3 Å². The van der Waals surface area contributed by atoms with Crippen molar-refractivity contribution in [2.24, 2.45) is 5.73 Å². The molecule has 12 heavy (non-hydrogen) atoms. The standard InChI is InChI=1S/C9H9NS2/c1-2-7-3-5-8(6-4-7)12-9(10)11/h2-6H,1H2,(H2,10,11). The van der Waals surface area contributed by atoms with Gasteiger partial charge in [0.1, 0.15) is 4.32 Å². The van der Waals surface area contributed by atoms with Crippen LogP contribution >= 0.6 is 24.0 Å². The van der Waals surface area contributed by atoms with E-state index in [2.05, 4.69) is 6.58 Å². The summed E-state index contributed by atoms with van der Waals surface area (Å²) in [6, 6.07) is 7.91. The van der Waals surface area contributed by atoms with Crippen molar-refractivity contribution in [3.8, 4) is 0 Å². The minimum absolute atomic E-state index is 0.446. The summed E-state index contributed by atoms with van der Waals surface area (Å²) in [4.78, 5) is 1.06. The number of nitrogens with two attached hydrogens (primary N) is 1. The Labute approximate surface area is 81.7 Å². The Morgan fingerprint density at radius 3 is 2.42 bits per heavy atom. The zero-order valence-corrected chi connectivity index (χ0v) is 8.12. The lowest BCUT2D eigenvalue weighted by atomic mass is 10.2. The molecular formula is C9H9NS2. The molecule has 2 N–H and O–H groups in total.